The van der Waals surface area contributed by atoms with Crippen molar-refractivity contribution in [2.45, 2.75) is 12.5 Å². The van der Waals surface area contributed by atoms with Crippen molar-refractivity contribution in [2.24, 2.45) is 11.5 Å². The van der Waals surface area contributed by atoms with Crippen molar-refractivity contribution >= 4 is 15.9 Å². The van der Waals surface area contributed by atoms with Crippen LogP contribution in [0.2, 0.25) is 0 Å². The van der Waals surface area contributed by atoms with Gasteiger partial charge in [0.1, 0.15) is 0 Å². The van der Waals surface area contributed by atoms with Gasteiger partial charge in [-0.1, -0.05) is 0 Å². The predicted molar refractivity (Wildman–Crippen MR) is 56.3 cm³/mol. The fourth-order valence-electron chi connectivity index (χ4n) is 1.22. The molecule has 6 heteroatoms. The van der Waals surface area contributed by atoms with Crippen LogP contribution in [0.3, 0.4) is 0 Å². The monoisotopic (exact) mass is 280 g/mol. The molecule has 1 rings (SSSR count). The summed E-state index contributed by atoms with van der Waals surface area (Å²) in [7, 11) is 0. The van der Waals surface area contributed by atoms with Gasteiger partial charge in [-0.05, 0) is 35.0 Å². The van der Waals surface area contributed by atoms with Crippen LogP contribution in [-0.2, 0) is 0 Å². The van der Waals surface area contributed by atoms with E-state index in [4.69, 9.17) is 11.5 Å². The summed E-state index contributed by atoms with van der Waals surface area (Å²) in [5.74, 6) is -3.18. The van der Waals surface area contributed by atoms with E-state index in [0.717, 1.165) is 0 Å². The number of benzene rings is 1. The lowest BCUT2D eigenvalue weighted by molar-refractivity contribution is 0.394. The van der Waals surface area contributed by atoms with Crippen molar-refractivity contribution in [3.05, 3.63) is 27.7 Å². The molecule has 0 saturated heterocycles. The minimum atomic E-state index is -1.30. The standard InChI is InChI=1S/C9H11BrF2N2O/c10-5-3-4(6(14)1-2-13)9(15)8(12)7(5)11/h3,6,15H,1-2,13-14H2/t6-/m1/s1. The van der Waals surface area contributed by atoms with E-state index in [0.29, 0.717) is 13.0 Å². The maximum atomic E-state index is 13.1. The number of aromatic hydroxyl groups is 1. The molecule has 0 aliphatic rings. The fraction of sp³-hybridized carbons (Fsp3) is 0.333. The zero-order valence-electron chi connectivity index (χ0n) is 7.80. The summed E-state index contributed by atoms with van der Waals surface area (Å²) in [6.07, 6.45) is 0.380. The molecular weight excluding hydrogens is 270 g/mol. The summed E-state index contributed by atoms with van der Waals surface area (Å²) >= 11 is 2.84. The molecule has 0 bridgehead atoms. The second-order valence-corrected chi connectivity index (χ2v) is 3.96. The Hall–Kier alpha value is -0.720. The fourth-order valence-corrected chi connectivity index (χ4v) is 1.64. The number of halogens is 3. The first-order valence-electron chi connectivity index (χ1n) is 4.31. The number of nitrogens with two attached hydrogens (primary N) is 2. The smallest absolute Gasteiger partial charge is 0.201 e. The van der Waals surface area contributed by atoms with Gasteiger partial charge in [-0.2, -0.15) is 4.39 Å². The zero-order chi connectivity index (χ0) is 11.6. The van der Waals surface area contributed by atoms with E-state index < -0.39 is 23.4 Å². The van der Waals surface area contributed by atoms with Gasteiger partial charge in [0.2, 0.25) is 5.82 Å². The maximum Gasteiger partial charge on any atom is 0.201 e. The van der Waals surface area contributed by atoms with Gasteiger partial charge in [0.15, 0.2) is 11.6 Å². The molecular formula is C9H11BrF2N2O. The quantitative estimate of drug-likeness (QED) is 0.739. The van der Waals surface area contributed by atoms with E-state index in [-0.39, 0.29) is 10.0 Å². The molecule has 0 unspecified atom stereocenters. The van der Waals surface area contributed by atoms with E-state index in [1.54, 1.807) is 0 Å². The molecule has 1 aromatic carbocycles. The van der Waals surface area contributed by atoms with Crippen LogP contribution < -0.4 is 11.5 Å². The Morgan fingerprint density at radius 1 is 1.40 bits per heavy atom. The van der Waals surface area contributed by atoms with Gasteiger partial charge in [-0.3, -0.25) is 0 Å². The average molecular weight is 281 g/mol. The minimum absolute atomic E-state index is 0.0692. The molecule has 0 radical (unpaired) electrons. The van der Waals surface area contributed by atoms with Gasteiger partial charge in [0, 0.05) is 11.6 Å². The van der Waals surface area contributed by atoms with Crippen LogP contribution in [0.25, 0.3) is 0 Å². The first-order chi connectivity index (χ1) is 6.99. The predicted octanol–water partition coefficient (Wildman–Crippen LogP) is 1.78. The number of hydrogen-bond acceptors (Lipinski definition) is 3. The Kier molecular flexibility index (Phi) is 4.01. The van der Waals surface area contributed by atoms with Crippen LogP contribution in [0.4, 0.5) is 8.78 Å². The Balaban J connectivity index is 3.19. The Morgan fingerprint density at radius 3 is 2.53 bits per heavy atom. The maximum absolute atomic E-state index is 13.1. The highest BCUT2D eigenvalue weighted by molar-refractivity contribution is 9.10. The molecule has 15 heavy (non-hydrogen) atoms. The van der Waals surface area contributed by atoms with Crippen molar-refractivity contribution in [3.63, 3.8) is 0 Å². The van der Waals surface area contributed by atoms with E-state index in [2.05, 4.69) is 15.9 Å². The topological polar surface area (TPSA) is 72.3 Å². The van der Waals surface area contributed by atoms with E-state index in [9.17, 15) is 13.9 Å². The van der Waals surface area contributed by atoms with Crippen LogP contribution in [0.5, 0.6) is 5.75 Å². The van der Waals surface area contributed by atoms with Crippen LogP contribution in [0, 0.1) is 11.6 Å². The Morgan fingerprint density at radius 2 is 2.00 bits per heavy atom. The second-order valence-electron chi connectivity index (χ2n) is 3.11. The highest BCUT2D eigenvalue weighted by Gasteiger charge is 2.20. The van der Waals surface area contributed by atoms with Gasteiger partial charge in [-0.15, -0.1) is 0 Å². The van der Waals surface area contributed by atoms with Gasteiger partial charge >= 0.3 is 0 Å². The lowest BCUT2D eigenvalue weighted by atomic mass is 10.0. The van der Waals surface area contributed by atoms with Crippen LogP contribution in [0.15, 0.2) is 10.5 Å². The van der Waals surface area contributed by atoms with Crippen LogP contribution in [-0.4, -0.2) is 11.7 Å². The van der Waals surface area contributed by atoms with Crippen molar-refractivity contribution < 1.29 is 13.9 Å². The average Bonchev–Trinajstić information content (AvgIpc) is 2.20. The van der Waals surface area contributed by atoms with Gasteiger partial charge in [0.25, 0.3) is 0 Å². The van der Waals surface area contributed by atoms with E-state index in [1.165, 1.54) is 6.07 Å². The number of phenolic OH excluding ortho intramolecular Hbond substituents is 1. The van der Waals surface area contributed by atoms with Crippen molar-refractivity contribution in [1.29, 1.82) is 0 Å². The molecule has 0 fully saturated rings. The summed E-state index contributed by atoms with van der Waals surface area (Å²) in [5, 5.41) is 9.34. The van der Waals surface area contributed by atoms with Gasteiger partial charge < -0.3 is 16.6 Å². The number of rotatable bonds is 3. The minimum Gasteiger partial charge on any atom is -0.505 e. The van der Waals surface area contributed by atoms with Crippen molar-refractivity contribution in [3.8, 4) is 5.75 Å². The first kappa shape index (κ1) is 12.4. The summed E-state index contributed by atoms with van der Waals surface area (Å²) in [5.41, 5.74) is 11.1. The first-order valence-corrected chi connectivity index (χ1v) is 5.10. The molecule has 5 N–H and O–H groups in total. The molecule has 0 saturated carbocycles. The lowest BCUT2D eigenvalue weighted by Crippen LogP contribution is -2.16. The summed E-state index contributed by atoms with van der Waals surface area (Å²) < 4.78 is 26.0. The number of hydrogen-bond donors (Lipinski definition) is 3. The summed E-state index contributed by atoms with van der Waals surface area (Å²) in [6, 6.07) is 0.648. The molecule has 0 aliphatic heterocycles. The molecule has 0 heterocycles. The third kappa shape index (κ3) is 2.45. The number of phenols is 1. The van der Waals surface area contributed by atoms with Crippen molar-refractivity contribution in [1.82, 2.24) is 0 Å². The SMILES string of the molecule is NCC[C@@H](N)c1cc(Br)c(F)c(F)c1O. The van der Waals surface area contributed by atoms with Crippen LogP contribution >= 0.6 is 15.9 Å². The largest absolute Gasteiger partial charge is 0.505 e. The molecule has 0 amide bonds. The summed E-state index contributed by atoms with van der Waals surface area (Å²) in [4.78, 5) is 0. The van der Waals surface area contributed by atoms with E-state index >= 15 is 0 Å². The molecule has 84 valence electrons. The molecule has 0 spiro atoms. The highest BCUT2D eigenvalue weighted by Crippen LogP contribution is 2.33. The lowest BCUT2D eigenvalue weighted by Gasteiger charge is -2.14. The normalized spacial score (nSPS) is 12.9. The highest BCUT2D eigenvalue weighted by atomic mass is 79.9. The third-order valence-electron chi connectivity index (χ3n) is 2.04. The molecule has 0 aliphatic carbocycles. The molecule has 1 atom stereocenters. The molecule has 0 aromatic heterocycles. The third-order valence-corrected chi connectivity index (χ3v) is 2.62. The van der Waals surface area contributed by atoms with Crippen molar-refractivity contribution in [2.75, 3.05) is 6.54 Å². The second kappa shape index (κ2) is 4.87. The van der Waals surface area contributed by atoms with E-state index in [1.807, 2.05) is 0 Å². The molecule has 3 nitrogen and oxygen atoms in total. The Labute approximate surface area is 94.2 Å². The summed E-state index contributed by atoms with van der Waals surface area (Å²) in [6.45, 7) is 0.303. The Bertz CT molecular complexity index is 374. The zero-order valence-corrected chi connectivity index (χ0v) is 9.39. The molecule has 1 aromatic rings. The van der Waals surface area contributed by atoms with Gasteiger partial charge in [-0.25, -0.2) is 4.39 Å². The van der Waals surface area contributed by atoms with Crippen LogP contribution in [0.1, 0.15) is 18.0 Å². The van der Waals surface area contributed by atoms with Gasteiger partial charge in [0.05, 0.1) is 4.47 Å².